The highest BCUT2D eigenvalue weighted by Gasteiger charge is 2.45. The van der Waals surface area contributed by atoms with Gasteiger partial charge in [0.15, 0.2) is 0 Å². The predicted octanol–water partition coefficient (Wildman–Crippen LogP) is 2.51. The van der Waals surface area contributed by atoms with Crippen molar-refractivity contribution < 1.29 is 22.7 Å². The second kappa shape index (κ2) is 6.16. The predicted molar refractivity (Wildman–Crippen MR) is 88.5 cm³/mol. The minimum atomic E-state index is -3.79. The molecule has 1 heterocycles. The third-order valence-corrected chi connectivity index (χ3v) is 5.89. The quantitative estimate of drug-likeness (QED) is 0.795. The van der Waals surface area contributed by atoms with E-state index in [2.05, 4.69) is 0 Å². The van der Waals surface area contributed by atoms with Crippen LogP contribution in [-0.4, -0.2) is 28.6 Å². The molecule has 2 aromatic carbocycles. The van der Waals surface area contributed by atoms with Crippen molar-refractivity contribution in [3.63, 3.8) is 0 Å². The summed E-state index contributed by atoms with van der Waals surface area (Å²) in [5.41, 5.74) is 0.971. The highest BCUT2D eigenvalue weighted by molar-refractivity contribution is 7.93. The number of esters is 1. The summed E-state index contributed by atoms with van der Waals surface area (Å²) in [6.07, 6.45) is -0.0992. The SMILES string of the molecule is COC(=O)CC1c2c(OC)cccc2S(=O)(=O)N1c1ccccc1. The van der Waals surface area contributed by atoms with E-state index in [0.29, 0.717) is 17.0 Å². The Morgan fingerprint density at radius 2 is 1.79 bits per heavy atom. The summed E-state index contributed by atoms with van der Waals surface area (Å²) in [6.45, 7) is 0. The van der Waals surface area contributed by atoms with Crippen LogP contribution >= 0.6 is 0 Å². The summed E-state index contributed by atoms with van der Waals surface area (Å²) in [5, 5.41) is 0. The molecule has 24 heavy (non-hydrogen) atoms. The minimum Gasteiger partial charge on any atom is -0.496 e. The van der Waals surface area contributed by atoms with Crippen molar-refractivity contribution in [3.8, 4) is 5.75 Å². The standard InChI is InChI=1S/C17H17NO5S/c1-22-14-9-6-10-15-17(14)13(11-16(19)23-2)18(24(15,20)21)12-7-4-3-5-8-12/h3-10,13H,11H2,1-2H3. The van der Waals surface area contributed by atoms with Gasteiger partial charge in [0.25, 0.3) is 10.0 Å². The molecule has 1 aliphatic heterocycles. The Kier molecular flexibility index (Phi) is 4.19. The zero-order valence-corrected chi connectivity index (χ0v) is 14.1. The molecule has 0 aliphatic carbocycles. The normalized spacial score (nSPS) is 18.1. The number of benzene rings is 2. The molecule has 0 fully saturated rings. The Hall–Kier alpha value is -2.54. The molecule has 6 nitrogen and oxygen atoms in total. The van der Waals surface area contributed by atoms with E-state index in [0.717, 1.165) is 0 Å². The van der Waals surface area contributed by atoms with E-state index < -0.39 is 22.0 Å². The zero-order valence-electron chi connectivity index (χ0n) is 13.3. The van der Waals surface area contributed by atoms with E-state index in [9.17, 15) is 13.2 Å². The van der Waals surface area contributed by atoms with Crippen molar-refractivity contribution >= 4 is 21.7 Å². The van der Waals surface area contributed by atoms with Gasteiger partial charge < -0.3 is 9.47 Å². The van der Waals surface area contributed by atoms with Crippen LogP contribution in [0, 0.1) is 0 Å². The van der Waals surface area contributed by atoms with Gasteiger partial charge in [0, 0.05) is 5.56 Å². The van der Waals surface area contributed by atoms with Crippen LogP contribution in [0.4, 0.5) is 5.69 Å². The monoisotopic (exact) mass is 347 g/mol. The maximum atomic E-state index is 13.1. The third-order valence-electron chi connectivity index (χ3n) is 4.00. The average molecular weight is 347 g/mol. The minimum absolute atomic E-state index is 0.0992. The molecule has 1 aliphatic rings. The Morgan fingerprint density at radius 1 is 1.08 bits per heavy atom. The van der Waals surface area contributed by atoms with Crippen molar-refractivity contribution in [1.29, 1.82) is 0 Å². The van der Waals surface area contributed by atoms with Crippen molar-refractivity contribution in [2.75, 3.05) is 18.5 Å². The average Bonchev–Trinajstić information content (AvgIpc) is 2.82. The van der Waals surface area contributed by atoms with Gasteiger partial charge in [-0.05, 0) is 24.3 Å². The maximum Gasteiger partial charge on any atom is 0.308 e. The smallest absolute Gasteiger partial charge is 0.308 e. The second-order valence-electron chi connectivity index (χ2n) is 5.30. The number of para-hydroxylation sites is 1. The molecule has 0 radical (unpaired) electrons. The van der Waals surface area contributed by atoms with Crippen LogP contribution in [0.15, 0.2) is 53.4 Å². The summed E-state index contributed by atoms with van der Waals surface area (Å²) in [4.78, 5) is 12.0. The lowest BCUT2D eigenvalue weighted by atomic mass is 10.0. The van der Waals surface area contributed by atoms with Crippen LogP contribution < -0.4 is 9.04 Å². The molecule has 0 amide bonds. The van der Waals surface area contributed by atoms with Crippen LogP contribution in [-0.2, 0) is 19.6 Å². The van der Waals surface area contributed by atoms with Crippen molar-refractivity contribution in [2.24, 2.45) is 0 Å². The first kappa shape index (κ1) is 16.3. The van der Waals surface area contributed by atoms with Crippen molar-refractivity contribution in [2.45, 2.75) is 17.4 Å². The maximum absolute atomic E-state index is 13.1. The molecule has 0 aromatic heterocycles. The zero-order chi connectivity index (χ0) is 17.3. The summed E-state index contributed by atoms with van der Waals surface area (Å²) in [7, 11) is -1.04. The Morgan fingerprint density at radius 3 is 2.42 bits per heavy atom. The number of nitrogens with zero attached hydrogens (tertiary/aromatic N) is 1. The molecule has 3 rings (SSSR count). The van der Waals surface area contributed by atoms with Gasteiger partial charge in [-0.2, -0.15) is 0 Å². The number of anilines is 1. The van der Waals surface area contributed by atoms with E-state index in [1.54, 1.807) is 42.5 Å². The lowest BCUT2D eigenvalue weighted by Crippen LogP contribution is -2.29. The first-order valence-corrected chi connectivity index (χ1v) is 8.78. The van der Waals surface area contributed by atoms with Crippen LogP contribution in [0.5, 0.6) is 5.75 Å². The first-order chi connectivity index (χ1) is 11.5. The molecular weight excluding hydrogens is 330 g/mol. The fourth-order valence-electron chi connectivity index (χ4n) is 2.97. The molecular formula is C17H17NO5S. The topological polar surface area (TPSA) is 72.9 Å². The number of sulfonamides is 1. The number of carbonyl (C=O) groups excluding carboxylic acids is 1. The van der Waals surface area contributed by atoms with Crippen LogP contribution in [0.1, 0.15) is 18.0 Å². The van der Waals surface area contributed by atoms with E-state index in [1.165, 1.54) is 24.6 Å². The number of fused-ring (bicyclic) bond motifs is 1. The lowest BCUT2D eigenvalue weighted by Gasteiger charge is -2.25. The van der Waals surface area contributed by atoms with E-state index >= 15 is 0 Å². The van der Waals surface area contributed by atoms with E-state index in [4.69, 9.17) is 9.47 Å². The number of ether oxygens (including phenoxy) is 2. The Balaban J connectivity index is 2.23. The molecule has 0 bridgehead atoms. The molecule has 0 spiro atoms. The van der Waals surface area contributed by atoms with Crippen molar-refractivity contribution in [3.05, 3.63) is 54.1 Å². The largest absolute Gasteiger partial charge is 0.496 e. The Labute approximate surface area is 140 Å². The fourth-order valence-corrected chi connectivity index (χ4v) is 4.86. The second-order valence-corrected chi connectivity index (χ2v) is 7.09. The van der Waals surface area contributed by atoms with Gasteiger partial charge in [0.1, 0.15) is 5.75 Å². The van der Waals surface area contributed by atoms with Gasteiger partial charge in [0.2, 0.25) is 0 Å². The summed E-state index contributed by atoms with van der Waals surface area (Å²) in [6, 6.07) is 12.8. The first-order valence-electron chi connectivity index (χ1n) is 7.34. The van der Waals surface area contributed by atoms with Crippen LogP contribution in [0.3, 0.4) is 0 Å². The molecule has 0 saturated heterocycles. The summed E-state index contributed by atoms with van der Waals surface area (Å²) >= 11 is 0. The molecule has 0 saturated carbocycles. The number of carbonyl (C=O) groups is 1. The molecule has 126 valence electrons. The van der Waals surface area contributed by atoms with E-state index in [-0.39, 0.29) is 11.3 Å². The molecule has 1 unspecified atom stereocenters. The Bertz CT molecular complexity index is 864. The van der Waals surface area contributed by atoms with Gasteiger partial charge >= 0.3 is 5.97 Å². The van der Waals surface area contributed by atoms with Gasteiger partial charge in [-0.1, -0.05) is 24.3 Å². The fraction of sp³-hybridized carbons (Fsp3) is 0.235. The van der Waals surface area contributed by atoms with Crippen molar-refractivity contribution in [1.82, 2.24) is 0 Å². The van der Waals surface area contributed by atoms with Gasteiger partial charge in [-0.25, -0.2) is 8.42 Å². The number of hydrogen-bond donors (Lipinski definition) is 0. The molecule has 7 heteroatoms. The highest BCUT2D eigenvalue weighted by Crippen LogP contribution is 2.48. The number of rotatable bonds is 4. The number of methoxy groups -OCH3 is 2. The summed E-state index contributed by atoms with van der Waals surface area (Å²) < 4.78 is 37.5. The highest BCUT2D eigenvalue weighted by atomic mass is 32.2. The third kappa shape index (κ3) is 2.50. The molecule has 1 atom stereocenters. The molecule has 2 aromatic rings. The van der Waals surface area contributed by atoms with Gasteiger partial charge in [-0.3, -0.25) is 9.10 Å². The van der Waals surface area contributed by atoms with Crippen LogP contribution in [0.2, 0.25) is 0 Å². The van der Waals surface area contributed by atoms with E-state index in [1.807, 2.05) is 0 Å². The summed E-state index contributed by atoms with van der Waals surface area (Å²) in [5.74, 6) is -0.0571. The van der Waals surface area contributed by atoms with Gasteiger partial charge in [0.05, 0.1) is 37.3 Å². The van der Waals surface area contributed by atoms with Crippen LogP contribution in [0.25, 0.3) is 0 Å². The van der Waals surface area contributed by atoms with Gasteiger partial charge in [-0.15, -0.1) is 0 Å². The number of hydrogen-bond acceptors (Lipinski definition) is 5. The lowest BCUT2D eigenvalue weighted by molar-refractivity contribution is -0.141. The molecule has 0 N–H and O–H groups in total.